The molecule has 0 fully saturated rings. The number of rotatable bonds is 6. The summed E-state index contributed by atoms with van der Waals surface area (Å²) in [7, 11) is 3.02. The monoisotopic (exact) mass is 451 g/mol. The molecule has 4 aromatic rings. The van der Waals surface area contributed by atoms with Crippen molar-refractivity contribution in [2.24, 2.45) is 0 Å². The van der Waals surface area contributed by atoms with E-state index in [4.69, 9.17) is 9.47 Å². The number of carbonyl (C=O) groups is 1. The number of para-hydroxylation sites is 1. The molecule has 8 nitrogen and oxygen atoms in total. The highest BCUT2D eigenvalue weighted by Gasteiger charge is 2.19. The average Bonchev–Trinajstić information content (AvgIpc) is 3.28. The Bertz CT molecular complexity index is 1430. The number of nitrogens with zero attached hydrogens (tertiary/aromatic N) is 2. The van der Waals surface area contributed by atoms with Crippen molar-refractivity contribution in [1.82, 2.24) is 9.13 Å². The van der Waals surface area contributed by atoms with Crippen LogP contribution in [0, 0.1) is 6.92 Å². The Balaban J connectivity index is 1.78. The third kappa shape index (κ3) is 3.78. The predicted molar refractivity (Wildman–Crippen MR) is 125 cm³/mol. The van der Waals surface area contributed by atoms with Gasteiger partial charge in [-0.15, -0.1) is 11.3 Å². The summed E-state index contributed by atoms with van der Waals surface area (Å²) in [6, 6.07) is 13.8. The molecule has 164 valence electrons. The van der Waals surface area contributed by atoms with Crippen molar-refractivity contribution in [2.45, 2.75) is 13.5 Å². The van der Waals surface area contributed by atoms with Gasteiger partial charge in [0.2, 0.25) is 5.91 Å². The molecule has 0 aliphatic rings. The summed E-state index contributed by atoms with van der Waals surface area (Å²) in [6.07, 6.45) is 0. The van der Waals surface area contributed by atoms with Crippen molar-refractivity contribution in [2.75, 3.05) is 19.5 Å². The van der Waals surface area contributed by atoms with E-state index in [1.165, 1.54) is 30.1 Å². The summed E-state index contributed by atoms with van der Waals surface area (Å²) >= 11 is 1.23. The Kier molecular flexibility index (Phi) is 5.83. The number of amides is 1. The van der Waals surface area contributed by atoms with Crippen molar-refractivity contribution in [3.05, 3.63) is 80.3 Å². The fourth-order valence-electron chi connectivity index (χ4n) is 3.51. The van der Waals surface area contributed by atoms with Gasteiger partial charge in [-0.1, -0.05) is 18.2 Å². The Morgan fingerprint density at radius 3 is 2.56 bits per heavy atom. The minimum atomic E-state index is -0.581. The third-order valence-corrected chi connectivity index (χ3v) is 5.99. The molecule has 2 heterocycles. The van der Waals surface area contributed by atoms with Gasteiger partial charge in [-0.2, -0.15) is 0 Å². The Labute approximate surface area is 187 Å². The summed E-state index contributed by atoms with van der Waals surface area (Å²) in [5, 5.41) is 4.50. The second kappa shape index (κ2) is 8.72. The average molecular weight is 452 g/mol. The highest BCUT2D eigenvalue weighted by Crippen LogP contribution is 2.29. The molecular weight excluding hydrogens is 430 g/mol. The van der Waals surface area contributed by atoms with E-state index in [2.05, 4.69) is 5.32 Å². The van der Waals surface area contributed by atoms with Gasteiger partial charge >= 0.3 is 5.69 Å². The first-order chi connectivity index (χ1) is 15.4. The molecule has 0 radical (unpaired) electrons. The van der Waals surface area contributed by atoms with Gasteiger partial charge in [-0.25, -0.2) is 9.36 Å². The molecule has 1 amide bonds. The number of aryl methyl sites for hydroxylation is 1. The van der Waals surface area contributed by atoms with Crippen LogP contribution in [0.15, 0.2) is 63.5 Å². The molecule has 0 spiro atoms. The minimum Gasteiger partial charge on any atom is -0.497 e. The van der Waals surface area contributed by atoms with Crippen LogP contribution in [0.25, 0.3) is 15.9 Å². The number of aromatic nitrogens is 2. The molecule has 0 saturated heterocycles. The number of nitrogens with one attached hydrogen (secondary N) is 1. The van der Waals surface area contributed by atoms with Crippen molar-refractivity contribution in [1.29, 1.82) is 0 Å². The minimum absolute atomic E-state index is 0.279. The molecule has 2 aromatic heterocycles. The summed E-state index contributed by atoms with van der Waals surface area (Å²) < 4.78 is 13.3. The van der Waals surface area contributed by atoms with Crippen LogP contribution in [0.3, 0.4) is 0 Å². The standard InChI is InChI=1S/C23H21N3O5S/c1-14-6-4-5-7-17(14)26-22(28)21-18(10-11-32-21)25(23(26)29)13-20(27)24-16-12-15(30-2)8-9-19(16)31-3/h4-12H,13H2,1-3H3,(H,24,27). The van der Waals surface area contributed by atoms with E-state index >= 15 is 0 Å². The number of carbonyl (C=O) groups excluding carboxylic acids is 1. The number of thiophene rings is 1. The van der Waals surface area contributed by atoms with Crippen molar-refractivity contribution < 1.29 is 14.3 Å². The van der Waals surface area contributed by atoms with E-state index < -0.39 is 17.2 Å². The van der Waals surface area contributed by atoms with Crippen molar-refractivity contribution >= 4 is 33.1 Å². The largest absolute Gasteiger partial charge is 0.497 e. The third-order valence-electron chi connectivity index (χ3n) is 5.09. The number of benzene rings is 2. The maximum absolute atomic E-state index is 13.4. The van der Waals surface area contributed by atoms with Crippen LogP contribution in [-0.2, 0) is 11.3 Å². The van der Waals surface area contributed by atoms with Crippen LogP contribution >= 0.6 is 11.3 Å². The van der Waals surface area contributed by atoms with Gasteiger partial charge in [0, 0.05) is 6.07 Å². The first-order valence-corrected chi connectivity index (χ1v) is 10.6. The fraction of sp³-hybridized carbons (Fsp3) is 0.174. The summed E-state index contributed by atoms with van der Waals surface area (Å²) in [4.78, 5) is 39.4. The second-order valence-corrected chi connectivity index (χ2v) is 7.96. The molecule has 0 bridgehead atoms. The van der Waals surface area contributed by atoms with Gasteiger partial charge in [0.15, 0.2) is 0 Å². The van der Waals surface area contributed by atoms with Crippen LogP contribution in [0.5, 0.6) is 11.5 Å². The van der Waals surface area contributed by atoms with E-state index in [0.717, 1.165) is 10.1 Å². The SMILES string of the molecule is COc1ccc(OC)c(NC(=O)Cn2c(=O)n(-c3ccccc3C)c(=O)c3sccc32)c1. The van der Waals surface area contributed by atoms with E-state index in [1.54, 1.807) is 41.8 Å². The number of anilines is 1. The van der Waals surface area contributed by atoms with Crippen LogP contribution in [0.2, 0.25) is 0 Å². The lowest BCUT2D eigenvalue weighted by Crippen LogP contribution is -2.40. The molecular formula is C23H21N3O5S. The number of methoxy groups -OCH3 is 2. The van der Waals surface area contributed by atoms with Gasteiger partial charge in [-0.05, 0) is 42.1 Å². The zero-order chi connectivity index (χ0) is 22.8. The number of fused-ring (bicyclic) bond motifs is 1. The first-order valence-electron chi connectivity index (χ1n) is 9.75. The summed E-state index contributed by atoms with van der Waals surface area (Å²) in [5.41, 5.74) is 1.12. The van der Waals surface area contributed by atoms with Crippen LogP contribution < -0.4 is 26.0 Å². The van der Waals surface area contributed by atoms with E-state index in [1.807, 2.05) is 19.1 Å². The lowest BCUT2D eigenvalue weighted by molar-refractivity contribution is -0.116. The second-order valence-electron chi connectivity index (χ2n) is 7.05. The van der Waals surface area contributed by atoms with E-state index in [-0.39, 0.29) is 6.54 Å². The molecule has 32 heavy (non-hydrogen) atoms. The lowest BCUT2D eigenvalue weighted by Gasteiger charge is -2.15. The van der Waals surface area contributed by atoms with Crippen LogP contribution in [0.1, 0.15) is 5.56 Å². The molecule has 2 aromatic carbocycles. The molecule has 0 unspecified atom stereocenters. The highest BCUT2D eigenvalue weighted by atomic mass is 32.1. The quantitative estimate of drug-likeness (QED) is 0.486. The molecule has 9 heteroatoms. The van der Waals surface area contributed by atoms with Gasteiger partial charge in [0.05, 0.1) is 31.1 Å². The van der Waals surface area contributed by atoms with Crippen LogP contribution in [-0.4, -0.2) is 29.3 Å². The molecule has 0 atom stereocenters. The smallest absolute Gasteiger partial charge is 0.336 e. The Hall–Kier alpha value is -3.85. The highest BCUT2D eigenvalue weighted by molar-refractivity contribution is 7.17. The molecule has 0 aliphatic carbocycles. The molecule has 0 saturated carbocycles. The first kappa shape index (κ1) is 21.4. The molecule has 1 N–H and O–H groups in total. The lowest BCUT2D eigenvalue weighted by atomic mass is 10.2. The van der Waals surface area contributed by atoms with E-state index in [9.17, 15) is 14.4 Å². The van der Waals surface area contributed by atoms with Crippen LogP contribution in [0.4, 0.5) is 5.69 Å². The summed E-state index contributed by atoms with van der Waals surface area (Å²) in [5.74, 6) is 0.560. The summed E-state index contributed by atoms with van der Waals surface area (Å²) in [6.45, 7) is 1.55. The number of ether oxygens (including phenoxy) is 2. The number of hydrogen-bond acceptors (Lipinski definition) is 6. The Morgan fingerprint density at radius 1 is 1.06 bits per heavy atom. The predicted octanol–water partition coefficient (Wildman–Crippen LogP) is 3.18. The zero-order valence-corrected chi connectivity index (χ0v) is 18.6. The maximum atomic E-state index is 13.4. The van der Waals surface area contributed by atoms with Gasteiger partial charge in [0.25, 0.3) is 5.56 Å². The van der Waals surface area contributed by atoms with Crippen molar-refractivity contribution in [3.63, 3.8) is 0 Å². The normalized spacial score (nSPS) is 10.8. The van der Waals surface area contributed by atoms with Crippen molar-refractivity contribution in [3.8, 4) is 17.2 Å². The zero-order valence-electron chi connectivity index (χ0n) is 17.7. The number of hydrogen-bond donors (Lipinski definition) is 1. The Morgan fingerprint density at radius 2 is 1.84 bits per heavy atom. The molecule has 4 rings (SSSR count). The topological polar surface area (TPSA) is 91.6 Å². The molecule has 0 aliphatic heterocycles. The fourth-order valence-corrected chi connectivity index (χ4v) is 4.34. The van der Waals surface area contributed by atoms with Gasteiger partial charge in [0.1, 0.15) is 22.7 Å². The van der Waals surface area contributed by atoms with Gasteiger partial charge in [-0.3, -0.25) is 14.2 Å². The van der Waals surface area contributed by atoms with E-state index in [0.29, 0.717) is 33.1 Å². The van der Waals surface area contributed by atoms with Gasteiger partial charge < -0.3 is 14.8 Å². The maximum Gasteiger partial charge on any atom is 0.336 e.